The van der Waals surface area contributed by atoms with Crippen LogP contribution in [0.15, 0.2) is 9.98 Å². The molecule has 1 N–H and O–H groups in total. The topological polar surface area (TPSA) is 28.2 Å². The normalized spacial score (nSPS) is 21.0. The van der Waals surface area contributed by atoms with Crippen LogP contribution in [0, 0.1) is 0 Å². The van der Waals surface area contributed by atoms with Crippen molar-refractivity contribution >= 4 is 39.7 Å². The van der Waals surface area contributed by atoms with Crippen LogP contribution in [0.5, 0.6) is 0 Å². The summed E-state index contributed by atoms with van der Waals surface area (Å²) in [4.78, 5) is 6.91. The lowest BCUT2D eigenvalue weighted by molar-refractivity contribution is 0.242. The summed E-state index contributed by atoms with van der Waals surface area (Å²) in [5, 5.41) is 4.48. The van der Waals surface area contributed by atoms with Crippen LogP contribution in [-0.4, -0.2) is 36.1 Å². The number of likely N-dealkylation sites (tertiary alicyclic amines) is 1. The predicted molar refractivity (Wildman–Crippen MR) is 74.4 cm³/mol. The Kier molecular flexibility index (Phi) is 6.21. The van der Waals surface area contributed by atoms with Gasteiger partial charge in [0.1, 0.15) is 5.01 Å². The first kappa shape index (κ1) is 14.4. The number of aromatic nitrogens is 1. The van der Waals surface area contributed by atoms with E-state index in [9.17, 15) is 0 Å². The first-order valence-electron chi connectivity index (χ1n) is 5.28. The fourth-order valence-electron chi connectivity index (χ4n) is 2.10. The lowest BCUT2D eigenvalue weighted by atomic mass is 10.2. The maximum Gasteiger partial charge on any atom is 0.108 e. The molecule has 1 aliphatic heterocycles. The molecule has 0 saturated carbocycles. The van der Waals surface area contributed by atoms with E-state index in [0.29, 0.717) is 6.04 Å². The van der Waals surface area contributed by atoms with Crippen LogP contribution in [0.1, 0.15) is 17.8 Å². The van der Waals surface area contributed by atoms with Gasteiger partial charge in [0.05, 0.1) is 16.5 Å². The number of thiazole rings is 1. The van der Waals surface area contributed by atoms with Crippen molar-refractivity contribution in [3.63, 3.8) is 0 Å². The second kappa shape index (κ2) is 6.91. The highest BCUT2D eigenvalue weighted by molar-refractivity contribution is 9.11. The molecule has 1 atom stereocenters. The zero-order valence-electron chi connectivity index (χ0n) is 9.28. The van der Waals surface area contributed by atoms with Gasteiger partial charge in [0.15, 0.2) is 0 Å². The van der Waals surface area contributed by atoms with E-state index in [1.165, 1.54) is 24.4 Å². The molecule has 1 aromatic rings. The molecule has 0 aliphatic carbocycles. The highest BCUT2D eigenvalue weighted by atomic mass is 79.9. The number of rotatable bonds is 4. The van der Waals surface area contributed by atoms with Gasteiger partial charge in [-0.3, -0.25) is 4.90 Å². The molecule has 1 saturated heterocycles. The lowest BCUT2D eigenvalue weighted by Crippen LogP contribution is -2.36. The summed E-state index contributed by atoms with van der Waals surface area (Å²) in [5.74, 6) is 0. The Hall–Kier alpha value is 0.320. The van der Waals surface area contributed by atoms with Crippen molar-refractivity contribution in [2.24, 2.45) is 0 Å². The molecule has 92 valence electrons. The molecule has 0 bridgehead atoms. The third-order valence-electron chi connectivity index (χ3n) is 2.80. The molecule has 1 fully saturated rings. The predicted octanol–water partition coefficient (Wildman–Crippen LogP) is 2.51. The maximum atomic E-state index is 4.38. The molecule has 1 aliphatic rings. The zero-order valence-corrected chi connectivity index (χ0v) is 12.5. The van der Waals surface area contributed by atoms with Crippen LogP contribution in [0.25, 0.3) is 0 Å². The third-order valence-corrected chi connectivity index (χ3v) is 4.26. The summed E-state index contributed by atoms with van der Waals surface area (Å²) in [5.41, 5.74) is 0. The Bertz CT molecular complexity index is 321. The molecule has 6 heteroatoms. The molecule has 0 aromatic carbocycles. The van der Waals surface area contributed by atoms with Crippen LogP contribution < -0.4 is 5.32 Å². The SMILES string of the molecule is CNCC1CCCN1Cc1ncc(Br)s1.Cl. The molecule has 2 heterocycles. The highest BCUT2D eigenvalue weighted by Crippen LogP contribution is 2.24. The average Bonchev–Trinajstić information content (AvgIpc) is 2.78. The van der Waals surface area contributed by atoms with E-state index >= 15 is 0 Å². The molecule has 3 nitrogen and oxygen atoms in total. The van der Waals surface area contributed by atoms with Crippen molar-refractivity contribution in [2.75, 3.05) is 20.1 Å². The van der Waals surface area contributed by atoms with Crippen molar-refractivity contribution in [1.82, 2.24) is 15.2 Å². The summed E-state index contributed by atoms with van der Waals surface area (Å²) in [7, 11) is 2.02. The lowest BCUT2D eigenvalue weighted by Gasteiger charge is -2.22. The van der Waals surface area contributed by atoms with E-state index in [1.54, 1.807) is 11.3 Å². The molecular weight excluding hydrogens is 310 g/mol. The second-order valence-corrected chi connectivity index (χ2v) is 6.38. The van der Waals surface area contributed by atoms with Crippen LogP contribution in [-0.2, 0) is 6.54 Å². The Morgan fingerprint density at radius 1 is 1.69 bits per heavy atom. The van der Waals surface area contributed by atoms with Gasteiger partial charge in [-0.05, 0) is 42.4 Å². The maximum absolute atomic E-state index is 4.38. The van der Waals surface area contributed by atoms with Gasteiger partial charge in [-0.1, -0.05) is 0 Å². The molecular formula is C10H17BrClN3S. The van der Waals surface area contributed by atoms with Crippen molar-refractivity contribution in [3.8, 4) is 0 Å². The smallest absolute Gasteiger partial charge is 0.108 e. The van der Waals surface area contributed by atoms with Crippen molar-refractivity contribution in [2.45, 2.75) is 25.4 Å². The fourth-order valence-corrected chi connectivity index (χ4v) is 3.43. The monoisotopic (exact) mass is 325 g/mol. The van der Waals surface area contributed by atoms with Crippen molar-refractivity contribution in [3.05, 3.63) is 15.0 Å². The largest absolute Gasteiger partial charge is 0.318 e. The summed E-state index contributed by atoms with van der Waals surface area (Å²) in [6, 6.07) is 0.692. The molecule has 16 heavy (non-hydrogen) atoms. The number of likely N-dealkylation sites (N-methyl/N-ethyl adjacent to an activating group) is 1. The zero-order chi connectivity index (χ0) is 10.7. The van der Waals surface area contributed by atoms with Gasteiger partial charge in [0.25, 0.3) is 0 Å². The Morgan fingerprint density at radius 2 is 2.50 bits per heavy atom. The number of halogens is 2. The van der Waals surface area contributed by atoms with Crippen LogP contribution in [0.3, 0.4) is 0 Å². The van der Waals surface area contributed by atoms with Gasteiger partial charge < -0.3 is 5.32 Å². The summed E-state index contributed by atoms with van der Waals surface area (Å²) < 4.78 is 1.13. The quantitative estimate of drug-likeness (QED) is 0.921. The van der Waals surface area contributed by atoms with E-state index in [4.69, 9.17) is 0 Å². The van der Waals surface area contributed by atoms with Crippen molar-refractivity contribution in [1.29, 1.82) is 0 Å². The van der Waals surface area contributed by atoms with Crippen LogP contribution in [0.2, 0.25) is 0 Å². The minimum atomic E-state index is 0. The van der Waals surface area contributed by atoms with Gasteiger partial charge in [0, 0.05) is 12.6 Å². The number of nitrogens with one attached hydrogen (secondary N) is 1. The third kappa shape index (κ3) is 3.67. The molecule has 1 unspecified atom stereocenters. The van der Waals surface area contributed by atoms with Crippen molar-refractivity contribution < 1.29 is 0 Å². The standard InChI is InChI=1S/C10H16BrN3S.ClH/c1-12-5-8-3-2-4-14(8)7-10-13-6-9(11)15-10;/h6,8,12H,2-5,7H2,1H3;1H. The Balaban J connectivity index is 0.00000128. The second-order valence-electron chi connectivity index (χ2n) is 3.88. The molecule has 0 amide bonds. The van der Waals surface area contributed by atoms with Gasteiger partial charge in [0.2, 0.25) is 0 Å². The molecule has 1 aromatic heterocycles. The minimum Gasteiger partial charge on any atom is -0.318 e. The van der Waals surface area contributed by atoms with E-state index in [2.05, 4.69) is 31.1 Å². The average molecular weight is 327 g/mol. The molecule has 0 radical (unpaired) electrons. The highest BCUT2D eigenvalue weighted by Gasteiger charge is 2.24. The Morgan fingerprint density at radius 3 is 3.12 bits per heavy atom. The summed E-state index contributed by atoms with van der Waals surface area (Å²) in [6.45, 7) is 3.30. The minimum absolute atomic E-state index is 0. The molecule has 2 rings (SSSR count). The van der Waals surface area contributed by atoms with E-state index < -0.39 is 0 Å². The van der Waals surface area contributed by atoms with Gasteiger partial charge in [-0.15, -0.1) is 23.7 Å². The summed E-state index contributed by atoms with van der Waals surface area (Å²) in [6.07, 6.45) is 4.52. The number of hydrogen-bond donors (Lipinski definition) is 1. The summed E-state index contributed by atoms with van der Waals surface area (Å²) >= 11 is 5.19. The fraction of sp³-hybridized carbons (Fsp3) is 0.700. The van der Waals surface area contributed by atoms with E-state index in [1.807, 2.05) is 13.2 Å². The molecule has 0 spiro atoms. The Labute approximate surface area is 115 Å². The number of hydrogen-bond acceptors (Lipinski definition) is 4. The van der Waals surface area contributed by atoms with Gasteiger partial charge in [-0.2, -0.15) is 0 Å². The van der Waals surface area contributed by atoms with Gasteiger partial charge >= 0.3 is 0 Å². The first-order chi connectivity index (χ1) is 7.29. The number of nitrogens with zero attached hydrogens (tertiary/aromatic N) is 2. The van der Waals surface area contributed by atoms with Crippen LogP contribution >= 0.6 is 39.7 Å². The van der Waals surface area contributed by atoms with E-state index in [0.717, 1.165) is 16.9 Å². The van der Waals surface area contributed by atoms with Crippen LogP contribution in [0.4, 0.5) is 0 Å². The first-order valence-corrected chi connectivity index (χ1v) is 6.89. The van der Waals surface area contributed by atoms with E-state index in [-0.39, 0.29) is 12.4 Å². The van der Waals surface area contributed by atoms with Gasteiger partial charge in [-0.25, -0.2) is 4.98 Å².